The number of rotatable bonds is 5. The predicted octanol–water partition coefficient (Wildman–Crippen LogP) is 1.08. The molecule has 1 aliphatic rings. The van der Waals surface area contributed by atoms with Crippen molar-refractivity contribution in [3.8, 4) is 0 Å². The number of β-amino-alcohol motifs (C(OH)–C–C–N with tert-alkyl or cyclic N) is 1. The zero-order chi connectivity index (χ0) is 17.9. The van der Waals surface area contributed by atoms with Gasteiger partial charge in [-0.05, 0) is 18.1 Å². The van der Waals surface area contributed by atoms with Crippen LogP contribution in [0, 0.1) is 0 Å². The fourth-order valence-electron chi connectivity index (χ4n) is 3.36. The van der Waals surface area contributed by atoms with Crippen LogP contribution in [0.4, 0.5) is 0 Å². The van der Waals surface area contributed by atoms with Crippen LogP contribution in [0.3, 0.4) is 0 Å². The minimum absolute atomic E-state index is 0.240. The monoisotopic (exact) mass is 341 g/mol. The van der Waals surface area contributed by atoms with Crippen LogP contribution in [0.5, 0.6) is 0 Å². The first-order chi connectivity index (χ1) is 12.0. The SMILES string of the molecule is CN(C[C@@]1(O)CCN(Cc2ccccc2)C1)C(=O)c1cc[nH]c(=O)c1. The summed E-state index contributed by atoms with van der Waals surface area (Å²) >= 11 is 0. The Kier molecular flexibility index (Phi) is 5.01. The largest absolute Gasteiger partial charge is 0.387 e. The average molecular weight is 341 g/mol. The Morgan fingerprint density at radius 1 is 1.32 bits per heavy atom. The number of likely N-dealkylation sites (tertiary alicyclic amines) is 1. The lowest BCUT2D eigenvalue weighted by Gasteiger charge is -2.29. The Balaban J connectivity index is 1.60. The molecule has 1 amide bonds. The van der Waals surface area contributed by atoms with Gasteiger partial charge in [-0.25, -0.2) is 0 Å². The molecule has 2 heterocycles. The second kappa shape index (κ2) is 7.21. The van der Waals surface area contributed by atoms with Crippen LogP contribution < -0.4 is 5.56 Å². The van der Waals surface area contributed by atoms with E-state index in [9.17, 15) is 14.7 Å². The number of aromatic amines is 1. The minimum atomic E-state index is -0.930. The van der Waals surface area contributed by atoms with Crippen LogP contribution >= 0.6 is 0 Å². The molecule has 1 atom stereocenters. The smallest absolute Gasteiger partial charge is 0.253 e. The highest BCUT2D eigenvalue weighted by molar-refractivity contribution is 5.93. The van der Waals surface area contributed by atoms with Gasteiger partial charge < -0.3 is 15.0 Å². The number of benzene rings is 1. The third kappa shape index (κ3) is 4.35. The van der Waals surface area contributed by atoms with E-state index in [-0.39, 0.29) is 18.0 Å². The molecule has 1 fully saturated rings. The molecule has 0 unspecified atom stereocenters. The Bertz CT molecular complexity index is 790. The number of carbonyl (C=O) groups is 1. The fourth-order valence-corrected chi connectivity index (χ4v) is 3.36. The number of nitrogens with one attached hydrogen (secondary N) is 1. The third-order valence-electron chi connectivity index (χ3n) is 4.56. The van der Waals surface area contributed by atoms with E-state index >= 15 is 0 Å². The standard InChI is InChI=1S/C19H23N3O3/c1-21(18(24)16-7-9-20-17(23)11-16)13-19(25)8-10-22(14-19)12-15-5-3-2-4-6-15/h2-7,9,11,25H,8,10,12-14H2,1H3,(H,20,23)/t19-/m0/s1. The number of aromatic nitrogens is 1. The molecule has 132 valence electrons. The van der Waals surface area contributed by atoms with Crippen LogP contribution in [0.15, 0.2) is 53.5 Å². The minimum Gasteiger partial charge on any atom is -0.387 e. The van der Waals surface area contributed by atoms with Crippen molar-refractivity contribution in [2.75, 3.05) is 26.7 Å². The molecule has 1 saturated heterocycles. The quantitative estimate of drug-likeness (QED) is 0.853. The lowest BCUT2D eigenvalue weighted by atomic mass is 10.0. The predicted molar refractivity (Wildman–Crippen MR) is 95.3 cm³/mol. The normalized spacial score (nSPS) is 20.6. The fraction of sp³-hybridized carbons (Fsp3) is 0.368. The molecule has 2 aromatic rings. The van der Waals surface area contributed by atoms with Crippen LogP contribution in [0.2, 0.25) is 0 Å². The molecule has 25 heavy (non-hydrogen) atoms. The Morgan fingerprint density at radius 2 is 2.08 bits per heavy atom. The summed E-state index contributed by atoms with van der Waals surface area (Å²) in [4.78, 5) is 30.0. The summed E-state index contributed by atoms with van der Waals surface area (Å²) in [7, 11) is 1.65. The van der Waals surface area contributed by atoms with E-state index in [1.54, 1.807) is 13.1 Å². The van der Waals surface area contributed by atoms with Crippen molar-refractivity contribution in [1.29, 1.82) is 0 Å². The van der Waals surface area contributed by atoms with Gasteiger partial charge in [0, 0.05) is 44.5 Å². The van der Waals surface area contributed by atoms with Gasteiger partial charge in [-0.15, -0.1) is 0 Å². The lowest BCUT2D eigenvalue weighted by molar-refractivity contribution is 0.0170. The number of amides is 1. The van der Waals surface area contributed by atoms with E-state index in [1.807, 2.05) is 18.2 Å². The number of nitrogens with zero attached hydrogens (tertiary/aromatic N) is 2. The topological polar surface area (TPSA) is 76.6 Å². The molecule has 1 aliphatic heterocycles. The molecule has 0 radical (unpaired) electrons. The molecular formula is C19H23N3O3. The highest BCUT2D eigenvalue weighted by atomic mass is 16.3. The average Bonchev–Trinajstić information content (AvgIpc) is 2.95. The molecule has 0 bridgehead atoms. The number of hydrogen-bond acceptors (Lipinski definition) is 4. The van der Waals surface area contributed by atoms with Gasteiger partial charge in [0.1, 0.15) is 0 Å². The molecule has 6 heteroatoms. The van der Waals surface area contributed by atoms with Gasteiger partial charge in [-0.2, -0.15) is 0 Å². The van der Waals surface area contributed by atoms with Gasteiger partial charge in [0.2, 0.25) is 5.56 Å². The number of carbonyl (C=O) groups excluding carboxylic acids is 1. The first kappa shape index (κ1) is 17.4. The first-order valence-corrected chi connectivity index (χ1v) is 8.38. The van der Waals surface area contributed by atoms with Crippen molar-refractivity contribution in [2.45, 2.75) is 18.6 Å². The Labute approximate surface area is 146 Å². The number of likely N-dealkylation sites (N-methyl/N-ethyl adjacent to an activating group) is 1. The zero-order valence-electron chi connectivity index (χ0n) is 14.3. The maximum Gasteiger partial charge on any atom is 0.253 e. The lowest BCUT2D eigenvalue weighted by Crippen LogP contribution is -2.45. The number of pyridine rings is 1. The Hall–Kier alpha value is -2.44. The van der Waals surface area contributed by atoms with Crippen LogP contribution in [0.25, 0.3) is 0 Å². The second-order valence-electron chi connectivity index (χ2n) is 6.77. The van der Waals surface area contributed by atoms with Crippen molar-refractivity contribution in [1.82, 2.24) is 14.8 Å². The van der Waals surface area contributed by atoms with Gasteiger partial charge in [0.25, 0.3) is 5.91 Å². The van der Waals surface area contributed by atoms with Crippen LogP contribution in [-0.4, -0.2) is 58.1 Å². The van der Waals surface area contributed by atoms with E-state index in [0.29, 0.717) is 18.5 Å². The molecule has 6 nitrogen and oxygen atoms in total. The second-order valence-corrected chi connectivity index (χ2v) is 6.77. The number of hydrogen-bond donors (Lipinski definition) is 2. The van der Waals surface area contributed by atoms with E-state index < -0.39 is 5.60 Å². The Morgan fingerprint density at radius 3 is 2.80 bits per heavy atom. The molecule has 3 rings (SSSR count). The first-order valence-electron chi connectivity index (χ1n) is 8.38. The molecular weight excluding hydrogens is 318 g/mol. The van der Waals surface area contributed by atoms with Crippen LogP contribution in [-0.2, 0) is 6.54 Å². The molecule has 1 aromatic heterocycles. The van der Waals surface area contributed by atoms with E-state index in [4.69, 9.17) is 0 Å². The molecule has 2 N–H and O–H groups in total. The van der Waals surface area contributed by atoms with E-state index in [2.05, 4.69) is 22.0 Å². The van der Waals surface area contributed by atoms with E-state index in [0.717, 1.165) is 13.1 Å². The molecule has 0 saturated carbocycles. The third-order valence-corrected chi connectivity index (χ3v) is 4.56. The summed E-state index contributed by atoms with van der Waals surface area (Å²) in [6, 6.07) is 13.0. The maximum atomic E-state index is 12.4. The zero-order valence-corrected chi connectivity index (χ0v) is 14.3. The summed E-state index contributed by atoms with van der Waals surface area (Å²) in [6.45, 7) is 2.34. The number of H-pyrrole nitrogens is 1. The maximum absolute atomic E-state index is 12.4. The van der Waals surface area contributed by atoms with Gasteiger partial charge in [-0.1, -0.05) is 30.3 Å². The van der Waals surface area contributed by atoms with Crippen molar-refractivity contribution < 1.29 is 9.90 Å². The highest BCUT2D eigenvalue weighted by Crippen LogP contribution is 2.24. The van der Waals surface area contributed by atoms with Crippen molar-refractivity contribution in [2.24, 2.45) is 0 Å². The summed E-state index contributed by atoms with van der Waals surface area (Å²) in [5.41, 5.74) is 0.293. The number of aliphatic hydroxyl groups is 1. The van der Waals surface area contributed by atoms with Gasteiger partial charge in [0.15, 0.2) is 0 Å². The van der Waals surface area contributed by atoms with Crippen molar-refractivity contribution >= 4 is 5.91 Å². The summed E-state index contributed by atoms with van der Waals surface area (Å²) in [5.74, 6) is -0.263. The molecule has 1 aromatic carbocycles. The van der Waals surface area contributed by atoms with Gasteiger partial charge in [0.05, 0.1) is 12.1 Å². The van der Waals surface area contributed by atoms with Crippen molar-refractivity contribution in [3.05, 3.63) is 70.1 Å². The summed E-state index contributed by atoms with van der Waals surface area (Å²) in [5, 5.41) is 10.9. The molecule has 0 spiro atoms. The van der Waals surface area contributed by atoms with Gasteiger partial charge >= 0.3 is 0 Å². The summed E-state index contributed by atoms with van der Waals surface area (Å²) in [6.07, 6.45) is 2.07. The van der Waals surface area contributed by atoms with E-state index in [1.165, 1.54) is 22.7 Å². The van der Waals surface area contributed by atoms with Crippen molar-refractivity contribution in [3.63, 3.8) is 0 Å². The highest BCUT2D eigenvalue weighted by Gasteiger charge is 2.37. The van der Waals surface area contributed by atoms with Crippen LogP contribution in [0.1, 0.15) is 22.3 Å². The van der Waals surface area contributed by atoms with Gasteiger partial charge in [-0.3, -0.25) is 14.5 Å². The molecule has 0 aliphatic carbocycles. The summed E-state index contributed by atoms with van der Waals surface area (Å²) < 4.78 is 0.